The number of nitrogens with zero attached hydrogens (tertiary/aromatic N) is 2. The molecule has 0 aliphatic heterocycles. The van der Waals surface area contributed by atoms with Gasteiger partial charge in [-0.05, 0) is 44.2 Å². The normalized spacial score (nSPS) is 11.2. The van der Waals surface area contributed by atoms with Gasteiger partial charge in [-0.15, -0.1) is 0 Å². The van der Waals surface area contributed by atoms with Crippen LogP contribution in [0.25, 0.3) is 23.0 Å². The van der Waals surface area contributed by atoms with Crippen LogP contribution in [0.5, 0.6) is 0 Å². The second kappa shape index (κ2) is 8.23. The molecule has 0 aliphatic carbocycles. The molecule has 7 nitrogen and oxygen atoms in total. The van der Waals surface area contributed by atoms with E-state index in [2.05, 4.69) is 9.97 Å². The van der Waals surface area contributed by atoms with Gasteiger partial charge in [-0.2, -0.15) is 5.10 Å². The third-order valence-electron chi connectivity index (χ3n) is 4.85. The van der Waals surface area contributed by atoms with Crippen molar-refractivity contribution in [3.8, 4) is 16.9 Å². The van der Waals surface area contributed by atoms with Crippen LogP contribution in [-0.2, 0) is 0 Å². The van der Waals surface area contributed by atoms with Crippen molar-refractivity contribution in [1.29, 1.82) is 0 Å². The summed E-state index contributed by atoms with van der Waals surface area (Å²) < 4.78 is 1.75. The van der Waals surface area contributed by atoms with Gasteiger partial charge in [0.05, 0.1) is 11.4 Å². The minimum absolute atomic E-state index is 0.0941. The van der Waals surface area contributed by atoms with Crippen molar-refractivity contribution in [1.82, 2.24) is 19.7 Å². The van der Waals surface area contributed by atoms with Gasteiger partial charge in [0.1, 0.15) is 5.56 Å². The van der Waals surface area contributed by atoms with Crippen LogP contribution in [0.2, 0.25) is 0 Å². The maximum absolute atomic E-state index is 12.7. The molecule has 0 spiro atoms. The zero-order valence-electron chi connectivity index (χ0n) is 17.0. The largest absolute Gasteiger partial charge is 0.325 e. The molecule has 0 atom stereocenters. The number of ketones is 1. The summed E-state index contributed by atoms with van der Waals surface area (Å²) in [5, 5.41) is 4.73. The molecule has 0 saturated heterocycles. The Balaban J connectivity index is 1.78. The van der Waals surface area contributed by atoms with E-state index in [1.165, 1.54) is 13.0 Å². The quantitative estimate of drug-likeness (QED) is 0.387. The maximum atomic E-state index is 12.7. The molecule has 2 aromatic heterocycles. The highest BCUT2D eigenvalue weighted by molar-refractivity contribution is 6.07. The number of allylic oxidation sites excluding steroid dienone is 1. The topological polar surface area (TPSA) is 101 Å². The molecule has 0 fully saturated rings. The van der Waals surface area contributed by atoms with Crippen LogP contribution in [0.15, 0.2) is 76.5 Å². The van der Waals surface area contributed by atoms with E-state index in [0.29, 0.717) is 5.69 Å². The molecular formula is C24H20N4O3. The number of benzene rings is 2. The number of carbonyl (C=O) groups excluding carboxylic acids is 1. The smallest absolute Gasteiger partial charge is 0.311 e. The third-order valence-corrected chi connectivity index (χ3v) is 4.85. The number of hydrogen-bond acceptors (Lipinski definition) is 4. The molecule has 0 amide bonds. The molecule has 0 bridgehead atoms. The van der Waals surface area contributed by atoms with Gasteiger partial charge in [0, 0.05) is 23.0 Å². The molecule has 0 saturated carbocycles. The van der Waals surface area contributed by atoms with E-state index in [0.717, 1.165) is 22.4 Å². The monoisotopic (exact) mass is 412 g/mol. The first kappa shape index (κ1) is 20.0. The molecular weight excluding hydrogens is 392 g/mol. The standard InChI is InChI=1S/C24H20N4O3/c1-15-7-6-8-17(13-15)22-18(14-28(27-22)19-9-4-3-5-10-19)11-12-20(29)21-16(2)25-24(31)26-23(21)30/h3-14H,1-2H3,(H2,25,26,30,31). The van der Waals surface area contributed by atoms with E-state index in [4.69, 9.17) is 5.10 Å². The van der Waals surface area contributed by atoms with E-state index >= 15 is 0 Å². The van der Waals surface area contributed by atoms with Crippen LogP contribution in [-0.4, -0.2) is 25.5 Å². The van der Waals surface area contributed by atoms with Gasteiger partial charge in [0.2, 0.25) is 0 Å². The number of aromatic nitrogens is 4. The summed E-state index contributed by atoms with van der Waals surface area (Å²) in [7, 11) is 0. The number of aryl methyl sites for hydroxylation is 2. The van der Waals surface area contributed by atoms with Crippen molar-refractivity contribution in [3.63, 3.8) is 0 Å². The summed E-state index contributed by atoms with van der Waals surface area (Å²) in [6.45, 7) is 3.52. The minimum atomic E-state index is -0.713. The predicted octanol–water partition coefficient (Wildman–Crippen LogP) is 3.43. The van der Waals surface area contributed by atoms with Crippen molar-refractivity contribution >= 4 is 11.9 Å². The van der Waals surface area contributed by atoms with E-state index < -0.39 is 17.0 Å². The van der Waals surface area contributed by atoms with Crippen molar-refractivity contribution in [2.45, 2.75) is 13.8 Å². The molecule has 0 radical (unpaired) electrons. The zero-order chi connectivity index (χ0) is 22.0. The van der Waals surface area contributed by atoms with Gasteiger partial charge >= 0.3 is 5.69 Å². The molecule has 0 unspecified atom stereocenters. The Morgan fingerprint density at radius 2 is 1.77 bits per heavy atom. The highest BCUT2D eigenvalue weighted by Crippen LogP contribution is 2.25. The Bertz CT molecular complexity index is 1410. The Morgan fingerprint density at radius 1 is 1.00 bits per heavy atom. The number of rotatable bonds is 5. The molecule has 4 aromatic rings. The number of H-pyrrole nitrogens is 2. The van der Waals surface area contributed by atoms with E-state index in [9.17, 15) is 14.4 Å². The van der Waals surface area contributed by atoms with Gasteiger partial charge in [-0.3, -0.25) is 14.6 Å². The molecule has 2 heterocycles. The number of aromatic amines is 2. The Kier molecular flexibility index (Phi) is 5.32. The van der Waals surface area contributed by atoms with Gasteiger partial charge in [-0.25, -0.2) is 9.48 Å². The SMILES string of the molecule is Cc1cccc(-c2nn(-c3ccccc3)cc2C=CC(=O)c2c(C)[nH]c(=O)[nH]c2=O)c1. The first-order valence-corrected chi connectivity index (χ1v) is 9.70. The Hall–Kier alpha value is -4.26. The molecule has 2 aromatic carbocycles. The Morgan fingerprint density at radius 3 is 2.48 bits per heavy atom. The van der Waals surface area contributed by atoms with E-state index in [1.54, 1.807) is 10.8 Å². The molecule has 154 valence electrons. The second-order valence-corrected chi connectivity index (χ2v) is 7.19. The van der Waals surface area contributed by atoms with Crippen molar-refractivity contribution < 1.29 is 4.79 Å². The number of hydrogen-bond donors (Lipinski definition) is 2. The average molecular weight is 412 g/mol. The summed E-state index contributed by atoms with van der Waals surface area (Å²) >= 11 is 0. The molecule has 31 heavy (non-hydrogen) atoms. The minimum Gasteiger partial charge on any atom is -0.311 e. The lowest BCUT2D eigenvalue weighted by molar-refractivity contribution is 0.104. The zero-order valence-corrected chi connectivity index (χ0v) is 17.0. The van der Waals surface area contributed by atoms with Gasteiger partial charge in [0.25, 0.3) is 5.56 Å². The number of nitrogens with one attached hydrogen (secondary N) is 2. The summed E-state index contributed by atoms with van der Waals surface area (Å²) in [6, 6.07) is 17.6. The van der Waals surface area contributed by atoms with Crippen LogP contribution in [0.1, 0.15) is 27.2 Å². The van der Waals surface area contributed by atoms with E-state index in [-0.39, 0.29) is 11.3 Å². The summed E-state index contributed by atoms with van der Waals surface area (Å²) in [4.78, 5) is 40.7. The van der Waals surface area contributed by atoms with Crippen LogP contribution in [0.4, 0.5) is 0 Å². The van der Waals surface area contributed by atoms with Crippen molar-refractivity contribution in [3.05, 3.63) is 110 Å². The van der Waals surface area contributed by atoms with Crippen molar-refractivity contribution in [2.75, 3.05) is 0 Å². The molecule has 4 rings (SSSR count). The summed E-state index contributed by atoms with van der Waals surface area (Å²) in [6.07, 6.45) is 4.79. The third kappa shape index (κ3) is 4.20. The molecule has 0 aliphatic rings. The summed E-state index contributed by atoms with van der Waals surface area (Å²) in [5.74, 6) is -0.502. The van der Waals surface area contributed by atoms with Crippen LogP contribution in [0, 0.1) is 13.8 Å². The predicted molar refractivity (Wildman–Crippen MR) is 120 cm³/mol. The fraction of sp³-hybridized carbons (Fsp3) is 0.0833. The highest BCUT2D eigenvalue weighted by Gasteiger charge is 2.14. The fourth-order valence-electron chi connectivity index (χ4n) is 3.38. The first-order chi connectivity index (χ1) is 14.9. The van der Waals surface area contributed by atoms with Crippen molar-refractivity contribution in [2.24, 2.45) is 0 Å². The van der Waals surface area contributed by atoms with Crippen LogP contribution in [0.3, 0.4) is 0 Å². The van der Waals surface area contributed by atoms with Gasteiger partial charge in [-0.1, -0.05) is 42.0 Å². The Labute approximate surface area is 177 Å². The maximum Gasteiger partial charge on any atom is 0.325 e. The van der Waals surface area contributed by atoms with Gasteiger partial charge in [0.15, 0.2) is 5.78 Å². The summed E-state index contributed by atoms with van der Waals surface area (Å²) in [5.41, 5.74) is 3.10. The van der Waals surface area contributed by atoms with Crippen LogP contribution >= 0.6 is 0 Å². The lowest BCUT2D eigenvalue weighted by Gasteiger charge is -2.02. The fourth-order valence-corrected chi connectivity index (χ4v) is 3.38. The number of carbonyl (C=O) groups is 1. The van der Waals surface area contributed by atoms with E-state index in [1.807, 2.05) is 67.7 Å². The second-order valence-electron chi connectivity index (χ2n) is 7.19. The molecule has 2 N–H and O–H groups in total. The average Bonchev–Trinajstić information content (AvgIpc) is 3.16. The number of para-hydroxylation sites is 1. The molecule has 7 heteroatoms. The van der Waals surface area contributed by atoms with Gasteiger partial charge < -0.3 is 4.98 Å². The first-order valence-electron chi connectivity index (χ1n) is 9.70. The van der Waals surface area contributed by atoms with Crippen LogP contribution < -0.4 is 11.2 Å². The lowest BCUT2D eigenvalue weighted by atomic mass is 10.0. The lowest BCUT2D eigenvalue weighted by Crippen LogP contribution is -2.29. The highest BCUT2D eigenvalue weighted by atomic mass is 16.2.